The highest BCUT2D eigenvalue weighted by Crippen LogP contribution is 2.31. The maximum Gasteiger partial charge on any atom is 0.276 e. The number of rotatable bonds is 1. The molecule has 0 bridgehead atoms. The number of fused-ring (bicyclic) bond motifs is 2. The summed E-state index contributed by atoms with van der Waals surface area (Å²) in [7, 11) is 0. The molecule has 0 radical (unpaired) electrons. The average molecular weight is 326 g/mol. The second kappa shape index (κ2) is 5.27. The monoisotopic (exact) mass is 326 g/mol. The summed E-state index contributed by atoms with van der Waals surface area (Å²) in [5.74, 6) is 1.28. The molecule has 1 amide bonds. The fourth-order valence-electron chi connectivity index (χ4n) is 2.70. The molecule has 2 aliphatic rings. The van der Waals surface area contributed by atoms with Crippen molar-refractivity contribution >= 4 is 28.5 Å². The number of carbonyl (C=O) groups is 1. The van der Waals surface area contributed by atoms with Gasteiger partial charge in [-0.3, -0.25) is 10.1 Å². The molecule has 0 unspecified atom stereocenters. The largest absolute Gasteiger partial charge is 0.462 e. The van der Waals surface area contributed by atoms with Gasteiger partial charge in [0, 0.05) is 5.22 Å². The van der Waals surface area contributed by atoms with Gasteiger partial charge in [-0.2, -0.15) is 0 Å². The second-order valence-electron chi connectivity index (χ2n) is 5.22. The van der Waals surface area contributed by atoms with E-state index in [9.17, 15) is 4.79 Å². The summed E-state index contributed by atoms with van der Waals surface area (Å²) in [6, 6.07) is 11.3. The lowest BCUT2D eigenvalue weighted by atomic mass is 10.1. The summed E-state index contributed by atoms with van der Waals surface area (Å²) in [5.41, 5.74) is 0.493. The van der Waals surface area contributed by atoms with Crippen LogP contribution >= 0.6 is 11.8 Å². The first-order valence-corrected chi connectivity index (χ1v) is 8.36. The first-order chi connectivity index (χ1) is 11.2. The van der Waals surface area contributed by atoms with Crippen LogP contribution in [0.3, 0.4) is 0 Å². The minimum Gasteiger partial charge on any atom is -0.462 e. The number of thioether (sulfide) groups is 1. The van der Waals surface area contributed by atoms with Gasteiger partial charge in [-0.1, -0.05) is 30.0 Å². The molecular formula is C16H14N4O2S. The smallest absolute Gasteiger partial charge is 0.276 e. The zero-order valence-corrected chi connectivity index (χ0v) is 13.4. The van der Waals surface area contributed by atoms with Gasteiger partial charge in [-0.05, 0) is 31.4 Å². The van der Waals surface area contributed by atoms with E-state index in [0.717, 1.165) is 16.3 Å². The van der Waals surface area contributed by atoms with E-state index >= 15 is 0 Å². The lowest BCUT2D eigenvalue weighted by Gasteiger charge is -2.32. The number of benzene rings is 1. The highest BCUT2D eigenvalue weighted by atomic mass is 32.2. The fraction of sp³-hybridized carbons (Fsp3) is 0.188. The number of hydrogen-bond donors (Lipinski definition) is 1. The van der Waals surface area contributed by atoms with E-state index in [0.29, 0.717) is 16.6 Å². The zero-order chi connectivity index (χ0) is 16.0. The number of para-hydroxylation sites is 1. The lowest BCUT2D eigenvalue weighted by molar-refractivity contribution is -0.116. The minimum absolute atomic E-state index is 0.181. The highest BCUT2D eigenvalue weighted by molar-refractivity contribution is 8.13. The fourth-order valence-corrected chi connectivity index (χ4v) is 3.06. The van der Waals surface area contributed by atoms with Crippen molar-refractivity contribution in [3.63, 3.8) is 0 Å². The molecule has 1 N–H and O–H groups in total. The third-order valence-corrected chi connectivity index (χ3v) is 4.29. The van der Waals surface area contributed by atoms with Crippen molar-refractivity contribution in [1.82, 2.24) is 10.3 Å². The third kappa shape index (κ3) is 2.24. The lowest BCUT2D eigenvalue weighted by Crippen LogP contribution is -2.50. The Morgan fingerprint density at radius 1 is 1.26 bits per heavy atom. The van der Waals surface area contributed by atoms with E-state index in [-0.39, 0.29) is 5.91 Å². The Bertz CT molecular complexity index is 947. The molecule has 2 aromatic rings. The number of nitrogens with zero attached hydrogens (tertiary/aromatic N) is 3. The SMILES string of the molecule is CSC1=NN2C(=c3ccccc3=N[C@H]2c2ccc(C)o2)C(=O)N1. The summed E-state index contributed by atoms with van der Waals surface area (Å²) in [5, 5.41) is 11.1. The van der Waals surface area contributed by atoms with Crippen molar-refractivity contribution in [2.24, 2.45) is 10.1 Å². The third-order valence-electron chi connectivity index (χ3n) is 3.72. The first kappa shape index (κ1) is 14.1. The van der Waals surface area contributed by atoms with Crippen LogP contribution in [0.25, 0.3) is 5.70 Å². The normalized spacial score (nSPS) is 19.5. The maximum absolute atomic E-state index is 12.6. The number of amides is 1. The average Bonchev–Trinajstić information content (AvgIpc) is 2.99. The van der Waals surface area contributed by atoms with Crippen molar-refractivity contribution in [2.75, 3.05) is 6.26 Å². The summed E-state index contributed by atoms with van der Waals surface area (Å²) in [6.07, 6.45) is 1.38. The molecule has 0 fully saturated rings. The summed E-state index contributed by atoms with van der Waals surface area (Å²) >= 11 is 1.38. The van der Waals surface area contributed by atoms with E-state index in [4.69, 9.17) is 9.41 Å². The Kier molecular flexibility index (Phi) is 3.23. The number of amidine groups is 1. The van der Waals surface area contributed by atoms with E-state index < -0.39 is 6.17 Å². The molecule has 0 spiro atoms. The molecule has 23 heavy (non-hydrogen) atoms. The van der Waals surface area contributed by atoms with Crippen LogP contribution < -0.4 is 15.9 Å². The van der Waals surface area contributed by atoms with Gasteiger partial charge < -0.3 is 4.42 Å². The zero-order valence-electron chi connectivity index (χ0n) is 12.6. The van der Waals surface area contributed by atoms with Gasteiger partial charge in [-0.15, -0.1) is 5.10 Å². The molecule has 116 valence electrons. The van der Waals surface area contributed by atoms with E-state index in [1.165, 1.54) is 11.8 Å². The summed E-state index contributed by atoms with van der Waals surface area (Å²) < 4.78 is 5.73. The first-order valence-electron chi connectivity index (χ1n) is 7.14. The van der Waals surface area contributed by atoms with Gasteiger partial charge in [-0.25, -0.2) is 10.0 Å². The number of nitrogens with one attached hydrogen (secondary N) is 1. The summed E-state index contributed by atoms with van der Waals surface area (Å²) in [6.45, 7) is 1.88. The van der Waals surface area contributed by atoms with Crippen molar-refractivity contribution < 1.29 is 9.21 Å². The van der Waals surface area contributed by atoms with Gasteiger partial charge in [0.05, 0.1) is 5.36 Å². The van der Waals surface area contributed by atoms with E-state index in [2.05, 4.69) is 10.4 Å². The Morgan fingerprint density at radius 2 is 2.09 bits per heavy atom. The molecule has 7 heteroatoms. The Morgan fingerprint density at radius 3 is 2.83 bits per heavy atom. The number of hydrogen-bond acceptors (Lipinski definition) is 6. The van der Waals surface area contributed by atoms with Crippen LogP contribution in [0.4, 0.5) is 0 Å². The molecule has 1 aromatic carbocycles. The van der Waals surface area contributed by atoms with Crippen LogP contribution in [-0.2, 0) is 4.79 Å². The standard InChI is InChI=1S/C16H14N4O2S/c1-9-7-8-12(22-9)14-17-11-6-4-3-5-10(11)13-15(21)18-16(23-2)19-20(13)14/h3-8,14H,1-2H3,(H,18,19,21)/t14-/m1/s1. The summed E-state index contributed by atoms with van der Waals surface area (Å²) in [4.78, 5) is 17.3. The molecule has 6 nitrogen and oxygen atoms in total. The molecular weight excluding hydrogens is 312 g/mol. The highest BCUT2D eigenvalue weighted by Gasteiger charge is 2.35. The number of aryl methyl sites for hydroxylation is 1. The molecule has 2 aliphatic heterocycles. The van der Waals surface area contributed by atoms with E-state index in [1.54, 1.807) is 5.01 Å². The molecule has 0 saturated carbocycles. The molecule has 1 atom stereocenters. The Labute approximate surface area is 136 Å². The van der Waals surface area contributed by atoms with Gasteiger partial charge in [0.15, 0.2) is 10.9 Å². The number of hydrazone groups is 1. The van der Waals surface area contributed by atoms with Crippen molar-refractivity contribution in [3.05, 3.63) is 58.5 Å². The molecule has 0 aliphatic carbocycles. The minimum atomic E-state index is -0.484. The van der Waals surface area contributed by atoms with Crippen LogP contribution in [0.5, 0.6) is 0 Å². The van der Waals surface area contributed by atoms with E-state index in [1.807, 2.05) is 49.6 Å². The number of furan rings is 1. The number of carbonyl (C=O) groups excluding carboxylic acids is 1. The Balaban J connectivity index is 1.99. The van der Waals surface area contributed by atoms with Gasteiger partial charge >= 0.3 is 0 Å². The molecule has 0 saturated heterocycles. The van der Waals surface area contributed by atoms with Crippen LogP contribution in [0, 0.1) is 6.92 Å². The predicted octanol–water partition coefficient (Wildman–Crippen LogP) is 1.09. The van der Waals surface area contributed by atoms with Crippen molar-refractivity contribution in [1.29, 1.82) is 0 Å². The quantitative estimate of drug-likeness (QED) is 0.852. The van der Waals surface area contributed by atoms with Crippen LogP contribution in [-0.4, -0.2) is 22.3 Å². The van der Waals surface area contributed by atoms with Crippen molar-refractivity contribution in [3.8, 4) is 0 Å². The molecule has 1 aromatic heterocycles. The Hall–Kier alpha value is -2.54. The van der Waals surface area contributed by atoms with Gasteiger partial charge in [0.2, 0.25) is 6.17 Å². The topological polar surface area (TPSA) is 70.2 Å². The molecule has 3 heterocycles. The van der Waals surface area contributed by atoms with Crippen LogP contribution in [0.2, 0.25) is 0 Å². The molecule has 4 rings (SSSR count). The van der Waals surface area contributed by atoms with Crippen LogP contribution in [0.1, 0.15) is 17.7 Å². The van der Waals surface area contributed by atoms with Gasteiger partial charge in [0.25, 0.3) is 5.91 Å². The van der Waals surface area contributed by atoms with Crippen LogP contribution in [0.15, 0.2) is 50.9 Å². The second-order valence-corrected chi connectivity index (χ2v) is 6.02. The van der Waals surface area contributed by atoms with Crippen molar-refractivity contribution in [2.45, 2.75) is 13.1 Å². The predicted molar refractivity (Wildman–Crippen MR) is 87.7 cm³/mol. The van der Waals surface area contributed by atoms with Gasteiger partial charge in [0.1, 0.15) is 11.5 Å². The maximum atomic E-state index is 12.6.